The van der Waals surface area contributed by atoms with E-state index in [1.54, 1.807) is 26.0 Å². The Morgan fingerprint density at radius 1 is 1.15 bits per heavy atom. The zero-order chi connectivity index (χ0) is 23.9. The van der Waals surface area contributed by atoms with Crippen LogP contribution < -0.4 is 5.32 Å². The van der Waals surface area contributed by atoms with Crippen LogP contribution in [0.2, 0.25) is 0 Å². The minimum absolute atomic E-state index is 0.0731. The second-order valence-electron chi connectivity index (χ2n) is 8.26. The topological polar surface area (TPSA) is 112 Å². The van der Waals surface area contributed by atoms with Crippen molar-refractivity contribution in [2.24, 2.45) is 0 Å². The third-order valence-corrected chi connectivity index (χ3v) is 6.98. The number of nitrogens with zero attached hydrogens (tertiary/aromatic N) is 4. The Balaban J connectivity index is 1.66. The van der Waals surface area contributed by atoms with Crippen molar-refractivity contribution in [1.29, 1.82) is 5.41 Å². The summed E-state index contributed by atoms with van der Waals surface area (Å²) in [6.07, 6.45) is 3.32. The number of anilines is 1. The molecule has 0 atom stereocenters. The van der Waals surface area contributed by atoms with Gasteiger partial charge in [-0.25, -0.2) is 31.5 Å². The van der Waals surface area contributed by atoms with Gasteiger partial charge in [0.05, 0.1) is 12.5 Å². The maximum Gasteiger partial charge on any atom is 0.223 e. The number of halogens is 2. The Labute approximate surface area is 190 Å². The Hall–Kier alpha value is -3.05. The van der Waals surface area contributed by atoms with E-state index in [4.69, 9.17) is 5.41 Å². The highest BCUT2D eigenvalue weighted by Crippen LogP contribution is 2.30. The minimum atomic E-state index is -3.24. The summed E-state index contributed by atoms with van der Waals surface area (Å²) >= 11 is 0. The molecule has 0 radical (unpaired) electrons. The molecule has 0 unspecified atom stereocenters. The maximum absolute atomic E-state index is 14.9. The van der Waals surface area contributed by atoms with Crippen LogP contribution in [0.1, 0.15) is 31.0 Å². The van der Waals surface area contributed by atoms with Gasteiger partial charge in [0.1, 0.15) is 17.0 Å². The average molecular weight is 475 g/mol. The van der Waals surface area contributed by atoms with Gasteiger partial charge in [0.25, 0.3) is 0 Å². The van der Waals surface area contributed by atoms with Crippen molar-refractivity contribution < 1.29 is 17.2 Å². The number of rotatable bonds is 5. The van der Waals surface area contributed by atoms with Crippen LogP contribution >= 0.6 is 0 Å². The van der Waals surface area contributed by atoms with Crippen LogP contribution in [-0.2, 0) is 10.0 Å². The summed E-state index contributed by atoms with van der Waals surface area (Å²) in [5.41, 5.74) is 1.60. The Bertz CT molecular complexity index is 1350. The van der Waals surface area contributed by atoms with Crippen molar-refractivity contribution in [3.05, 3.63) is 47.3 Å². The van der Waals surface area contributed by atoms with E-state index in [2.05, 4.69) is 20.3 Å². The lowest BCUT2D eigenvalue weighted by molar-refractivity contribution is 0.331. The van der Waals surface area contributed by atoms with Crippen molar-refractivity contribution in [1.82, 2.24) is 19.3 Å². The van der Waals surface area contributed by atoms with E-state index in [9.17, 15) is 17.2 Å². The van der Waals surface area contributed by atoms with Crippen molar-refractivity contribution in [2.75, 3.05) is 24.7 Å². The van der Waals surface area contributed by atoms with Crippen LogP contribution in [0.25, 0.3) is 22.2 Å². The van der Waals surface area contributed by atoms with Gasteiger partial charge in [0.2, 0.25) is 16.0 Å². The van der Waals surface area contributed by atoms with Crippen LogP contribution in [0, 0.1) is 24.0 Å². The Morgan fingerprint density at radius 3 is 2.48 bits per heavy atom. The molecule has 0 bridgehead atoms. The lowest BCUT2D eigenvalue weighted by Gasteiger charge is -2.30. The molecule has 3 heterocycles. The van der Waals surface area contributed by atoms with Crippen LogP contribution in [0.4, 0.5) is 14.7 Å². The molecule has 33 heavy (non-hydrogen) atoms. The summed E-state index contributed by atoms with van der Waals surface area (Å²) in [7, 11) is -3.24. The summed E-state index contributed by atoms with van der Waals surface area (Å²) in [5, 5.41) is 11.6. The number of hydrogen-bond acceptors (Lipinski definition) is 7. The number of sulfonamides is 1. The number of fused-ring (bicyclic) bond motifs is 1. The van der Waals surface area contributed by atoms with E-state index < -0.39 is 21.7 Å². The predicted molar refractivity (Wildman–Crippen MR) is 123 cm³/mol. The standard InChI is InChI=1S/C22H24F2N6O2S/c1-12-8-16(13(2)25)17-9-14(10-18(23)21(17)27-12)20-19(24)11-26-22(29-20)28-15-4-6-30(7-5-15)33(3,31)32/h8-11,15,25H,4-7H2,1-3H3,(H,26,28,29). The monoisotopic (exact) mass is 474 g/mol. The first kappa shape index (κ1) is 23.1. The van der Waals surface area contributed by atoms with Gasteiger partial charge in [-0.3, -0.25) is 4.98 Å². The zero-order valence-electron chi connectivity index (χ0n) is 18.5. The third-order valence-electron chi connectivity index (χ3n) is 5.67. The quantitative estimate of drug-likeness (QED) is 0.548. The van der Waals surface area contributed by atoms with Gasteiger partial charge in [0.15, 0.2) is 5.82 Å². The first-order valence-electron chi connectivity index (χ1n) is 10.4. The molecule has 1 aliphatic rings. The molecule has 1 aromatic carbocycles. The molecule has 0 aliphatic carbocycles. The highest BCUT2D eigenvalue weighted by molar-refractivity contribution is 7.88. The van der Waals surface area contributed by atoms with Gasteiger partial charge < -0.3 is 10.7 Å². The molecule has 1 fully saturated rings. The normalized spacial score (nSPS) is 15.7. The van der Waals surface area contributed by atoms with Gasteiger partial charge >= 0.3 is 0 Å². The molecule has 3 aromatic rings. The van der Waals surface area contributed by atoms with E-state index in [-0.39, 0.29) is 34.5 Å². The average Bonchev–Trinajstić information content (AvgIpc) is 2.74. The van der Waals surface area contributed by atoms with Crippen molar-refractivity contribution in [3.8, 4) is 11.3 Å². The van der Waals surface area contributed by atoms with Crippen molar-refractivity contribution in [3.63, 3.8) is 0 Å². The fourth-order valence-electron chi connectivity index (χ4n) is 4.01. The minimum Gasteiger partial charge on any atom is -0.351 e. The van der Waals surface area contributed by atoms with Gasteiger partial charge in [-0.2, -0.15) is 0 Å². The molecule has 0 amide bonds. The zero-order valence-corrected chi connectivity index (χ0v) is 19.3. The van der Waals surface area contributed by atoms with Crippen molar-refractivity contribution in [2.45, 2.75) is 32.7 Å². The van der Waals surface area contributed by atoms with Crippen LogP contribution in [0.3, 0.4) is 0 Å². The van der Waals surface area contributed by atoms with Crippen molar-refractivity contribution >= 4 is 32.6 Å². The lowest BCUT2D eigenvalue weighted by atomic mass is 10.00. The SMILES string of the molecule is CC(=N)c1cc(C)nc2c(F)cc(-c3nc(NC4CCN(S(C)(=O)=O)CC4)ncc3F)cc12. The molecule has 2 aromatic heterocycles. The van der Waals surface area contributed by atoms with E-state index in [0.29, 0.717) is 42.6 Å². The van der Waals surface area contributed by atoms with Gasteiger partial charge in [-0.1, -0.05) is 0 Å². The molecule has 11 heteroatoms. The molecule has 2 N–H and O–H groups in total. The smallest absolute Gasteiger partial charge is 0.223 e. The fourth-order valence-corrected chi connectivity index (χ4v) is 4.89. The van der Waals surface area contributed by atoms with E-state index >= 15 is 0 Å². The lowest BCUT2D eigenvalue weighted by Crippen LogP contribution is -2.42. The van der Waals surface area contributed by atoms with E-state index in [1.165, 1.54) is 16.6 Å². The molecule has 1 aliphatic heterocycles. The Kier molecular flexibility index (Phi) is 6.10. The molecular weight excluding hydrogens is 450 g/mol. The molecule has 1 saturated heterocycles. The Morgan fingerprint density at radius 2 is 1.85 bits per heavy atom. The summed E-state index contributed by atoms with van der Waals surface area (Å²) in [6, 6.07) is 4.38. The fraction of sp³-hybridized carbons (Fsp3) is 0.364. The first-order valence-corrected chi connectivity index (χ1v) is 12.3. The second-order valence-corrected chi connectivity index (χ2v) is 10.2. The number of nitrogens with one attached hydrogen (secondary N) is 2. The second kappa shape index (κ2) is 8.71. The highest BCUT2D eigenvalue weighted by atomic mass is 32.2. The number of benzene rings is 1. The third kappa shape index (κ3) is 4.83. The van der Waals surface area contributed by atoms with E-state index in [0.717, 1.165) is 6.20 Å². The van der Waals surface area contributed by atoms with Gasteiger partial charge in [-0.05, 0) is 44.9 Å². The van der Waals surface area contributed by atoms with Gasteiger partial charge in [-0.15, -0.1) is 0 Å². The van der Waals surface area contributed by atoms with Gasteiger partial charge in [0, 0.05) is 47.1 Å². The number of aryl methyl sites for hydroxylation is 1. The maximum atomic E-state index is 14.9. The molecule has 174 valence electrons. The number of aromatic nitrogens is 3. The number of hydrogen-bond donors (Lipinski definition) is 2. The number of pyridine rings is 1. The molecule has 0 saturated carbocycles. The summed E-state index contributed by atoms with van der Waals surface area (Å²) in [5.74, 6) is -1.16. The van der Waals surface area contributed by atoms with Crippen LogP contribution in [-0.4, -0.2) is 58.8 Å². The molecule has 4 rings (SSSR count). The van der Waals surface area contributed by atoms with Crippen LogP contribution in [0.5, 0.6) is 0 Å². The van der Waals surface area contributed by atoms with E-state index in [1.807, 2.05) is 0 Å². The summed E-state index contributed by atoms with van der Waals surface area (Å²) < 4.78 is 54.4. The largest absolute Gasteiger partial charge is 0.351 e. The molecule has 8 nitrogen and oxygen atoms in total. The molecule has 0 spiro atoms. The summed E-state index contributed by atoms with van der Waals surface area (Å²) in [6.45, 7) is 4.07. The summed E-state index contributed by atoms with van der Waals surface area (Å²) in [4.78, 5) is 12.5. The predicted octanol–water partition coefficient (Wildman–Crippen LogP) is 3.50. The number of piperidine rings is 1. The highest BCUT2D eigenvalue weighted by Gasteiger charge is 2.25. The van der Waals surface area contributed by atoms with Crippen LogP contribution in [0.15, 0.2) is 24.4 Å². The molecular formula is C22H24F2N6O2S. The first-order chi connectivity index (χ1) is 15.5.